The average molecular weight is 444 g/mol. The third kappa shape index (κ3) is 4.29. The maximum atomic E-state index is 12.4. The Morgan fingerprint density at radius 1 is 1.23 bits per heavy atom. The molecule has 0 unspecified atom stereocenters. The van der Waals surface area contributed by atoms with Crippen LogP contribution in [-0.2, 0) is 9.59 Å². The van der Waals surface area contributed by atoms with Crippen LogP contribution < -0.4 is 0 Å². The van der Waals surface area contributed by atoms with E-state index in [1.165, 1.54) is 28.0 Å². The summed E-state index contributed by atoms with van der Waals surface area (Å²) >= 11 is 19.9. The van der Waals surface area contributed by atoms with Gasteiger partial charge in [0.15, 0.2) is 0 Å². The van der Waals surface area contributed by atoms with Crippen LogP contribution in [0.25, 0.3) is 16.5 Å². The number of carboxylic acid groups (broad SMARTS) is 1. The molecule has 0 bridgehead atoms. The maximum Gasteiger partial charge on any atom is 0.305 e. The molecule has 3 rings (SSSR count). The van der Waals surface area contributed by atoms with E-state index in [2.05, 4.69) is 0 Å². The number of thioether (sulfide) groups is 1. The average Bonchev–Trinajstić information content (AvgIpc) is 3.14. The largest absolute Gasteiger partial charge is 0.481 e. The van der Waals surface area contributed by atoms with Crippen molar-refractivity contribution in [2.24, 2.45) is 0 Å². The Kier molecular flexibility index (Phi) is 6.04. The number of carbonyl (C=O) groups excluding carboxylic acids is 1. The number of hydrogen-bond acceptors (Lipinski definition) is 5. The van der Waals surface area contributed by atoms with Gasteiger partial charge >= 0.3 is 5.97 Å². The van der Waals surface area contributed by atoms with Gasteiger partial charge in [0.25, 0.3) is 5.91 Å². The van der Waals surface area contributed by atoms with Crippen molar-refractivity contribution in [2.75, 3.05) is 6.54 Å². The van der Waals surface area contributed by atoms with Gasteiger partial charge in [0.05, 0.1) is 21.4 Å². The zero-order valence-electron chi connectivity index (χ0n) is 13.1. The molecule has 0 atom stereocenters. The first kappa shape index (κ1) is 19.4. The number of nitrogens with zero attached hydrogens (tertiary/aromatic N) is 1. The molecule has 2 heterocycles. The second-order valence-electron chi connectivity index (χ2n) is 5.31. The Hall–Kier alpha value is -1.38. The summed E-state index contributed by atoms with van der Waals surface area (Å²) in [6.07, 6.45) is 1.63. The van der Waals surface area contributed by atoms with Crippen molar-refractivity contribution in [3.63, 3.8) is 0 Å². The fraction of sp³-hybridized carbons (Fsp3) is 0.118. The van der Waals surface area contributed by atoms with Crippen LogP contribution in [0.1, 0.15) is 11.3 Å². The first-order chi connectivity index (χ1) is 12.3. The second-order valence-corrected chi connectivity index (χ2v) is 8.91. The summed E-state index contributed by atoms with van der Waals surface area (Å²) in [5.74, 6) is -1.22. The molecule has 1 aromatic carbocycles. The SMILES string of the molecule is O=C(O)CCN1C(=O)C(=Cc2ccc(-c3ccc(Cl)c(Cl)c3)s2)SC1=S. The van der Waals surface area contributed by atoms with Crippen molar-refractivity contribution in [3.05, 3.63) is 50.2 Å². The Bertz CT molecular complexity index is 939. The predicted octanol–water partition coefficient (Wildman–Crippen LogP) is 5.40. The van der Waals surface area contributed by atoms with E-state index in [4.69, 9.17) is 40.5 Å². The highest BCUT2D eigenvalue weighted by atomic mass is 35.5. The predicted molar refractivity (Wildman–Crippen MR) is 112 cm³/mol. The molecule has 1 amide bonds. The van der Waals surface area contributed by atoms with Crippen LogP contribution in [0.15, 0.2) is 35.2 Å². The number of benzene rings is 1. The van der Waals surface area contributed by atoms with Crippen molar-refractivity contribution >= 4 is 80.8 Å². The summed E-state index contributed by atoms with van der Waals surface area (Å²) in [6, 6.07) is 9.28. The van der Waals surface area contributed by atoms with E-state index in [9.17, 15) is 9.59 Å². The van der Waals surface area contributed by atoms with Gasteiger partial charge in [-0.05, 0) is 35.9 Å². The summed E-state index contributed by atoms with van der Waals surface area (Å²) < 4.78 is 0.378. The van der Waals surface area contributed by atoms with Gasteiger partial charge in [-0.3, -0.25) is 14.5 Å². The van der Waals surface area contributed by atoms with Crippen molar-refractivity contribution in [2.45, 2.75) is 6.42 Å². The van der Waals surface area contributed by atoms with Gasteiger partial charge in [-0.2, -0.15) is 0 Å². The van der Waals surface area contributed by atoms with Crippen LogP contribution in [-0.4, -0.2) is 32.7 Å². The Balaban J connectivity index is 1.79. The number of hydrogen-bond donors (Lipinski definition) is 1. The molecule has 1 aliphatic rings. The minimum atomic E-state index is -0.965. The number of amides is 1. The molecule has 2 aromatic rings. The number of carboxylic acids is 1. The van der Waals surface area contributed by atoms with Gasteiger partial charge < -0.3 is 5.11 Å². The van der Waals surface area contributed by atoms with E-state index in [-0.39, 0.29) is 18.9 Å². The van der Waals surface area contributed by atoms with Crippen LogP contribution >= 0.6 is 58.5 Å². The van der Waals surface area contributed by atoms with E-state index in [1.54, 1.807) is 18.2 Å². The number of rotatable bonds is 5. The summed E-state index contributed by atoms with van der Waals surface area (Å²) in [5.41, 5.74) is 0.943. The van der Waals surface area contributed by atoms with E-state index in [1.807, 2.05) is 18.2 Å². The molecule has 1 fully saturated rings. The molecule has 26 heavy (non-hydrogen) atoms. The zero-order valence-corrected chi connectivity index (χ0v) is 17.0. The van der Waals surface area contributed by atoms with E-state index < -0.39 is 5.97 Å². The first-order valence-corrected chi connectivity index (χ1v) is 10.2. The molecular weight excluding hydrogens is 433 g/mol. The third-order valence-corrected chi connectivity index (χ3v) is 6.73. The Morgan fingerprint density at radius 2 is 2.00 bits per heavy atom. The number of aliphatic carboxylic acids is 1. The molecule has 0 aliphatic carbocycles. The zero-order chi connectivity index (χ0) is 18.8. The molecular formula is C17H11Cl2NO3S3. The Morgan fingerprint density at radius 3 is 2.69 bits per heavy atom. The van der Waals surface area contributed by atoms with Crippen LogP contribution in [0, 0.1) is 0 Å². The van der Waals surface area contributed by atoms with Gasteiger partial charge in [-0.1, -0.05) is 53.2 Å². The molecule has 4 nitrogen and oxygen atoms in total. The van der Waals surface area contributed by atoms with E-state index >= 15 is 0 Å². The molecule has 0 radical (unpaired) electrons. The number of thiophene rings is 1. The number of carbonyl (C=O) groups is 2. The van der Waals surface area contributed by atoms with E-state index in [0.717, 1.165) is 15.3 Å². The lowest BCUT2D eigenvalue weighted by atomic mass is 10.2. The summed E-state index contributed by atoms with van der Waals surface area (Å²) in [6.45, 7) is 0.0797. The highest BCUT2D eigenvalue weighted by Crippen LogP contribution is 2.37. The highest BCUT2D eigenvalue weighted by molar-refractivity contribution is 8.26. The van der Waals surface area contributed by atoms with Gasteiger partial charge in [0.1, 0.15) is 4.32 Å². The Labute approximate surface area is 173 Å². The van der Waals surface area contributed by atoms with Gasteiger partial charge in [0.2, 0.25) is 0 Å². The van der Waals surface area contributed by atoms with Crippen molar-refractivity contribution in [3.8, 4) is 10.4 Å². The molecule has 1 N–H and O–H groups in total. The quantitative estimate of drug-likeness (QED) is 0.495. The molecule has 1 saturated heterocycles. The minimum Gasteiger partial charge on any atom is -0.481 e. The van der Waals surface area contributed by atoms with E-state index in [0.29, 0.717) is 19.3 Å². The number of halogens is 2. The minimum absolute atomic E-state index is 0.0797. The topological polar surface area (TPSA) is 57.6 Å². The summed E-state index contributed by atoms with van der Waals surface area (Å²) in [7, 11) is 0. The van der Waals surface area contributed by atoms with Crippen LogP contribution in [0.3, 0.4) is 0 Å². The lowest BCUT2D eigenvalue weighted by Gasteiger charge is -2.12. The molecule has 1 aliphatic heterocycles. The molecule has 0 saturated carbocycles. The van der Waals surface area contributed by atoms with Gasteiger partial charge in [-0.25, -0.2) is 0 Å². The normalized spacial score (nSPS) is 15.9. The second kappa shape index (κ2) is 8.10. The monoisotopic (exact) mass is 443 g/mol. The van der Waals surface area contributed by atoms with Crippen LogP contribution in [0.5, 0.6) is 0 Å². The van der Waals surface area contributed by atoms with Crippen molar-refractivity contribution < 1.29 is 14.7 Å². The van der Waals surface area contributed by atoms with Crippen molar-refractivity contribution in [1.82, 2.24) is 4.90 Å². The fourth-order valence-corrected chi connectivity index (χ4v) is 4.88. The number of thiocarbonyl (C=S) groups is 1. The van der Waals surface area contributed by atoms with Crippen LogP contribution in [0.2, 0.25) is 10.0 Å². The molecule has 9 heteroatoms. The molecule has 1 aromatic heterocycles. The van der Waals surface area contributed by atoms with Crippen molar-refractivity contribution in [1.29, 1.82) is 0 Å². The lowest BCUT2D eigenvalue weighted by molar-refractivity contribution is -0.137. The molecule has 134 valence electrons. The van der Waals surface area contributed by atoms with Gasteiger partial charge in [-0.15, -0.1) is 11.3 Å². The molecule has 0 spiro atoms. The summed E-state index contributed by atoms with van der Waals surface area (Å²) in [4.78, 5) is 26.8. The lowest BCUT2D eigenvalue weighted by Crippen LogP contribution is -2.30. The fourth-order valence-electron chi connectivity index (χ4n) is 2.26. The highest BCUT2D eigenvalue weighted by Gasteiger charge is 2.32. The van der Waals surface area contributed by atoms with Gasteiger partial charge in [0, 0.05) is 16.3 Å². The third-order valence-electron chi connectivity index (χ3n) is 3.53. The smallest absolute Gasteiger partial charge is 0.305 e. The standard InChI is InChI=1S/C17H11Cl2NO3S3/c18-11-3-1-9(7-12(11)19)13-4-2-10(25-13)8-14-16(23)20(17(24)26-14)6-5-15(21)22/h1-4,7-8H,5-6H2,(H,21,22). The van der Waals surface area contributed by atoms with Crippen LogP contribution in [0.4, 0.5) is 0 Å². The summed E-state index contributed by atoms with van der Waals surface area (Å²) in [5, 5.41) is 9.76. The first-order valence-electron chi connectivity index (χ1n) is 7.37. The maximum absolute atomic E-state index is 12.4.